The molecule has 3 aromatic rings. The van der Waals surface area contributed by atoms with Crippen LogP contribution < -0.4 is 10.1 Å². The van der Waals surface area contributed by atoms with Crippen molar-refractivity contribution in [1.82, 2.24) is 9.29 Å². The number of sulfonamides is 1. The lowest BCUT2D eigenvalue weighted by molar-refractivity contribution is 0.102. The number of carbonyl (C=O) groups is 1. The predicted molar refractivity (Wildman–Crippen MR) is 122 cm³/mol. The van der Waals surface area contributed by atoms with Crippen LogP contribution in [0, 0.1) is 0 Å². The van der Waals surface area contributed by atoms with E-state index in [0.717, 1.165) is 10.8 Å². The first-order valence-electron chi connectivity index (χ1n) is 9.95. The summed E-state index contributed by atoms with van der Waals surface area (Å²) in [5.41, 5.74) is 0.356. The van der Waals surface area contributed by atoms with Gasteiger partial charge in [-0.05, 0) is 36.6 Å². The zero-order chi connectivity index (χ0) is 22.6. The summed E-state index contributed by atoms with van der Waals surface area (Å²) in [4.78, 5) is 17.2. The van der Waals surface area contributed by atoms with Crippen LogP contribution >= 0.6 is 11.6 Å². The minimum absolute atomic E-state index is 0.0689. The summed E-state index contributed by atoms with van der Waals surface area (Å²) in [7, 11) is -3.70. The molecule has 0 aliphatic heterocycles. The Morgan fingerprint density at radius 1 is 1.10 bits per heavy atom. The molecule has 1 N–H and O–H groups in total. The van der Waals surface area contributed by atoms with Crippen LogP contribution in [0.3, 0.4) is 0 Å². The first kappa shape index (κ1) is 23.0. The Hall–Kier alpha value is -2.68. The monoisotopic (exact) mass is 461 g/mol. The van der Waals surface area contributed by atoms with Crippen molar-refractivity contribution >= 4 is 44.0 Å². The van der Waals surface area contributed by atoms with E-state index in [4.69, 9.17) is 16.3 Å². The van der Waals surface area contributed by atoms with Crippen LogP contribution in [0.25, 0.3) is 10.8 Å². The number of benzene rings is 2. The number of aromatic nitrogens is 1. The van der Waals surface area contributed by atoms with Gasteiger partial charge in [0.05, 0.1) is 17.2 Å². The van der Waals surface area contributed by atoms with Gasteiger partial charge in [-0.25, -0.2) is 13.4 Å². The average molecular weight is 462 g/mol. The van der Waals surface area contributed by atoms with Gasteiger partial charge >= 0.3 is 0 Å². The third kappa shape index (κ3) is 4.81. The van der Waals surface area contributed by atoms with Crippen LogP contribution in [0.1, 0.15) is 31.3 Å². The number of halogens is 1. The smallest absolute Gasteiger partial charge is 0.274 e. The van der Waals surface area contributed by atoms with Crippen LogP contribution in [-0.4, -0.2) is 43.3 Å². The zero-order valence-corrected chi connectivity index (χ0v) is 19.1. The summed E-state index contributed by atoms with van der Waals surface area (Å²) >= 11 is 6.24. The molecule has 0 atom stereocenters. The highest BCUT2D eigenvalue weighted by atomic mass is 35.5. The quantitative estimate of drug-likeness (QED) is 0.496. The molecule has 164 valence electrons. The van der Waals surface area contributed by atoms with Crippen molar-refractivity contribution in [2.45, 2.75) is 25.7 Å². The summed E-state index contributed by atoms with van der Waals surface area (Å²) in [6.45, 7) is 6.38. The minimum atomic E-state index is -3.70. The van der Waals surface area contributed by atoms with Crippen LogP contribution in [0.15, 0.2) is 53.4 Å². The van der Waals surface area contributed by atoms with E-state index >= 15 is 0 Å². The number of fused-ring (bicyclic) bond motifs is 1. The van der Waals surface area contributed by atoms with Crippen molar-refractivity contribution in [2.24, 2.45) is 0 Å². The Balaban J connectivity index is 2.00. The van der Waals surface area contributed by atoms with Crippen molar-refractivity contribution in [3.63, 3.8) is 0 Å². The lowest BCUT2D eigenvalue weighted by atomic mass is 10.1. The number of amides is 1. The Labute approximate surface area is 187 Å². The average Bonchev–Trinajstić information content (AvgIpc) is 2.75. The van der Waals surface area contributed by atoms with Gasteiger partial charge in [0.25, 0.3) is 5.91 Å². The van der Waals surface area contributed by atoms with Crippen molar-refractivity contribution < 1.29 is 17.9 Å². The lowest BCUT2D eigenvalue weighted by Gasteiger charge is -2.20. The van der Waals surface area contributed by atoms with Gasteiger partial charge in [0.15, 0.2) is 0 Å². The number of carbonyl (C=O) groups excluding carboxylic acids is 1. The second-order valence-corrected chi connectivity index (χ2v) is 8.95. The fourth-order valence-corrected chi connectivity index (χ4v) is 4.97. The molecule has 0 aliphatic carbocycles. The van der Waals surface area contributed by atoms with Crippen molar-refractivity contribution in [2.75, 3.05) is 25.0 Å². The van der Waals surface area contributed by atoms with Gasteiger partial charge in [-0.15, -0.1) is 0 Å². The molecule has 31 heavy (non-hydrogen) atoms. The fourth-order valence-electron chi connectivity index (χ4n) is 3.22. The zero-order valence-electron chi connectivity index (χ0n) is 17.6. The van der Waals surface area contributed by atoms with Gasteiger partial charge in [-0.3, -0.25) is 4.79 Å². The highest BCUT2D eigenvalue weighted by Gasteiger charge is 2.24. The fraction of sp³-hybridized carbons (Fsp3) is 0.273. The predicted octanol–water partition coefficient (Wildman–Crippen LogP) is 4.57. The number of nitrogens with zero attached hydrogens (tertiary/aromatic N) is 2. The van der Waals surface area contributed by atoms with E-state index in [9.17, 15) is 13.2 Å². The van der Waals surface area contributed by atoms with Crippen LogP contribution in [0.5, 0.6) is 5.75 Å². The molecular weight excluding hydrogens is 438 g/mol. The number of rotatable bonds is 8. The molecule has 0 aliphatic rings. The van der Waals surface area contributed by atoms with E-state index in [2.05, 4.69) is 10.3 Å². The number of pyridine rings is 1. The van der Waals surface area contributed by atoms with Gasteiger partial charge in [0.1, 0.15) is 16.6 Å². The summed E-state index contributed by atoms with van der Waals surface area (Å²) in [6, 6.07) is 13.4. The molecule has 2 aromatic carbocycles. The van der Waals surface area contributed by atoms with Gasteiger partial charge in [-0.2, -0.15) is 4.31 Å². The van der Waals surface area contributed by atoms with Crippen molar-refractivity contribution in [3.8, 4) is 5.75 Å². The molecule has 1 aromatic heterocycles. The summed E-state index contributed by atoms with van der Waals surface area (Å²) in [6.07, 6.45) is 0. The van der Waals surface area contributed by atoms with Gasteiger partial charge in [0, 0.05) is 18.5 Å². The number of hydrogen-bond donors (Lipinski definition) is 1. The maximum absolute atomic E-state index is 12.9. The molecular formula is C22H24ClN3O4S. The molecule has 0 saturated heterocycles. The molecule has 0 bridgehead atoms. The molecule has 0 fully saturated rings. The molecule has 0 unspecified atom stereocenters. The number of ether oxygens (including phenoxy) is 1. The summed E-state index contributed by atoms with van der Waals surface area (Å²) in [5, 5.41) is 4.45. The Morgan fingerprint density at radius 2 is 1.81 bits per heavy atom. The molecule has 1 heterocycles. The van der Waals surface area contributed by atoms with Crippen LogP contribution in [0.2, 0.25) is 5.15 Å². The van der Waals surface area contributed by atoms with E-state index in [1.165, 1.54) is 22.5 Å². The van der Waals surface area contributed by atoms with Crippen LogP contribution in [0.4, 0.5) is 5.69 Å². The summed E-state index contributed by atoms with van der Waals surface area (Å²) in [5.74, 6) is -0.160. The van der Waals surface area contributed by atoms with Crippen molar-refractivity contribution in [1.29, 1.82) is 0 Å². The highest BCUT2D eigenvalue weighted by Crippen LogP contribution is 2.30. The lowest BCUT2D eigenvalue weighted by Crippen LogP contribution is -2.30. The second-order valence-electron chi connectivity index (χ2n) is 6.65. The second kappa shape index (κ2) is 9.64. The number of nitrogens with one attached hydrogen (secondary N) is 1. The van der Waals surface area contributed by atoms with Crippen LogP contribution in [-0.2, 0) is 10.0 Å². The maximum atomic E-state index is 12.9. The van der Waals surface area contributed by atoms with E-state index in [-0.39, 0.29) is 21.4 Å². The molecule has 9 heteroatoms. The van der Waals surface area contributed by atoms with Gasteiger partial charge in [-0.1, -0.05) is 49.7 Å². The van der Waals surface area contributed by atoms with E-state index in [1.807, 2.05) is 24.3 Å². The highest BCUT2D eigenvalue weighted by molar-refractivity contribution is 7.89. The van der Waals surface area contributed by atoms with E-state index < -0.39 is 15.9 Å². The molecule has 7 nitrogen and oxygen atoms in total. The third-order valence-electron chi connectivity index (χ3n) is 4.77. The number of hydrogen-bond acceptors (Lipinski definition) is 5. The molecule has 1 amide bonds. The first-order chi connectivity index (χ1) is 14.8. The molecule has 3 rings (SSSR count). The first-order valence-corrected chi connectivity index (χ1v) is 11.8. The van der Waals surface area contributed by atoms with E-state index in [1.54, 1.807) is 26.8 Å². The SMILES string of the molecule is CCOc1ccc(S(=O)(=O)N(CC)CC)cc1NC(=O)c1cc2ccccc2c(Cl)n1. The Bertz CT molecular complexity index is 1210. The standard InChI is InChI=1S/C22H24ClN3O4S/c1-4-26(5-2)31(28,29)16-11-12-20(30-6-3)18(14-16)25-22(27)19-13-15-9-7-8-10-17(15)21(23)24-19/h7-14H,4-6H2,1-3H3,(H,25,27). The minimum Gasteiger partial charge on any atom is -0.492 e. The maximum Gasteiger partial charge on any atom is 0.274 e. The van der Waals surface area contributed by atoms with Crippen molar-refractivity contribution in [3.05, 3.63) is 59.4 Å². The molecule has 0 saturated carbocycles. The van der Waals surface area contributed by atoms with E-state index in [0.29, 0.717) is 25.4 Å². The number of anilines is 1. The van der Waals surface area contributed by atoms with Gasteiger partial charge in [0.2, 0.25) is 10.0 Å². The Kier molecular flexibility index (Phi) is 7.15. The summed E-state index contributed by atoms with van der Waals surface area (Å²) < 4.78 is 32.7. The normalized spacial score (nSPS) is 11.6. The third-order valence-corrected chi connectivity index (χ3v) is 7.10. The topological polar surface area (TPSA) is 88.6 Å². The Morgan fingerprint density at radius 3 is 2.48 bits per heavy atom. The van der Waals surface area contributed by atoms with Gasteiger partial charge < -0.3 is 10.1 Å². The largest absolute Gasteiger partial charge is 0.492 e. The molecule has 0 spiro atoms. The molecule has 0 radical (unpaired) electrons.